The van der Waals surface area contributed by atoms with E-state index >= 15 is 0 Å². The molecule has 0 saturated heterocycles. The largest absolute Gasteiger partial charge is 0.505 e. The SMILES string of the molecule is Oc1c(F)cccc1CNc1cc(Cl)ccc1Cl. The Kier molecular flexibility index (Phi) is 3.94. The monoisotopic (exact) mass is 285 g/mol. The highest BCUT2D eigenvalue weighted by atomic mass is 35.5. The van der Waals surface area contributed by atoms with Gasteiger partial charge in [-0.2, -0.15) is 0 Å². The van der Waals surface area contributed by atoms with Crippen LogP contribution in [0.2, 0.25) is 10.0 Å². The molecular weight excluding hydrogens is 276 g/mol. The Bertz CT molecular complexity index is 573. The van der Waals surface area contributed by atoms with Crippen molar-refractivity contribution >= 4 is 28.9 Å². The normalized spacial score (nSPS) is 10.4. The molecule has 0 spiro atoms. The van der Waals surface area contributed by atoms with Crippen molar-refractivity contribution in [3.05, 3.63) is 57.8 Å². The molecule has 0 bridgehead atoms. The molecule has 0 aliphatic heterocycles. The van der Waals surface area contributed by atoms with Crippen LogP contribution in [0.25, 0.3) is 0 Å². The molecule has 5 heteroatoms. The Morgan fingerprint density at radius 2 is 1.94 bits per heavy atom. The van der Waals surface area contributed by atoms with Gasteiger partial charge in [-0.15, -0.1) is 0 Å². The molecule has 0 aromatic heterocycles. The van der Waals surface area contributed by atoms with Gasteiger partial charge in [0.25, 0.3) is 0 Å². The summed E-state index contributed by atoms with van der Waals surface area (Å²) in [7, 11) is 0. The minimum Gasteiger partial charge on any atom is -0.505 e. The molecule has 0 aliphatic rings. The molecule has 0 radical (unpaired) electrons. The molecule has 0 aliphatic carbocycles. The van der Waals surface area contributed by atoms with Crippen molar-refractivity contribution < 1.29 is 9.50 Å². The maximum Gasteiger partial charge on any atom is 0.165 e. The smallest absolute Gasteiger partial charge is 0.165 e. The first-order valence-electron chi connectivity index (χ1n) is 5.23. The number of phenols is 1. The first-order chi connectivity index (χ1) is 8.58. The van der Waals surface area contributed by atoms with E-state index in [-0.39, 0.29) is 12.3 Å². The lowest BCUT2D eigenvalue weighted by atomic mass is 10.2. The van der Waals surface area contributed by atoms with Gasteiger partial charge in [0.2, 0.25) is 0 Å². The van der Waals surface area contributed by atoms with E-state index in [9.17, 15) is 9.50 Å². The Hall–Kier alpha value is -1.45. The van der Waals surface area contributed by atoms with Gasteiger partial charge in [0, 0.05) is 17.1 Å². The van der Waals surface area contributed by atoms with Crippen LogP contribution in [0.4, 0.5) is 10.1 Å². The second-order valence-corrected chi connectivity index (χ2v) is 4.57. The summed E-state index contributed by atoms with van der Waals surface area (Å²) >= 11 is 11.8. The van der Waals surface area contributed by atoms with Crippen LogP contribution in [0.1, 0.15) is 5.56 Å². The first-order valence-corrected chi connectivity index (χ1v) is 5.99. The third kappa shape index (κ3) is 2.86. The lowest BCUT2D eigenvalue weighted by Gasteiger charge is -2.10. The molecule has 0 amide bonds. The fourth-order valence-corrected chi connectivity index (χ4v) is 1.88. The van der Waals surface area contributed by atoms with Gasteiger partial charge < -0.3 is 10.4 Å². The molecule has 2 aromatic rings. The van der Waals surface area contributed by atoms with Crippen molar-refractivity contribution in [1.29, 1.82) is 0 Å². The Morgan fingerprint density at radius 1 is 1.17 bits per heavy atom. The van der Waals surface area contributed by atoms with E-state index in [0.717, 1.165) is 0 Å². The third-order valence-electron chi connectivity index (χ3n) is 2.47. The van der Waals surface area contributed by atoms with Gasteiger partial charge in [0.1, 0.15) is 0 Å². The summed E-state index contributed by atoms with van der Waals surface area (Å²) in [5.41, 5.74) is 1.08. The van der Waals surface area contributed by atoms with Gasteiger partial charge in [0.15, 0.2) is 11.6 Å². The van der Waals surface area contributed by atoms with E-state index in [0.29, 0.717) is 21.3 Å². The van der Waals surface area contributed by atoms with Crippen LogP contribution in [0.5, 0.6) is 5.75 Å². The van der Waals surface area contributed by atoms with Crippen LogP contribution < -0.4 is 5.32 Å². The number of hydrogen-bond acceptors (Lipinski definition) is 2. The minimum absolute atomic E-state index is 0.254. The van der Waals surface area contributed by atoms with Gasteiger partial charge in [-0.1, -0.05) is 35.3 Å². The van der Waals surface area contributed by atoms with Crippen molar-refractivity contribution in [2.24, 2.45) is 0 Å². The molecule has 0 heterocycles. The molecule has 0 fully saturated rings. The molecule has 2 N–H and O–H groups in total. The fourth-order valence-electron chi connectivity index (χ4n) is 1.53. The second-order valence-electron chi connectivity index (χ2n) is 3.73. The predicted octanol–water partition coefficient (Wildman–Crippen LogP) is 4.45. The van der Waals surface area contributed by atoms with E-state index in [1.807, 2.05) is 0 Å². The number of rotatable bonds is 3. The molecule has 2 rings (SSSR count). The fraction of sp³-hybridized carbons (Fsp3) is 0.0769. The van der Waals surface area contributed by atoms with Crippen molar-refractivity contribution in [1.82, 2.24) is 0 Å². The number of anilines is 1. The highest BCUT2D eigenvalue weighted by Crippen LogP contribution is 2.27. The standard InChI is InChI=1S/C13H10Cl2FNO/c14-9-4-5-10(15)12(6-9)17-7-8-2-1-3-11(16)13(8)18/h1-6,17-18H,7H2. The van der Waals surface area contributed by atoms with Crippen LogP contribution in [-0.4, -0.2) is 5.11 Å². The lowest BCUT2D eigenvalue weighted by molar-refractivity contribution is 0.427. The Labute approximate surface area is 114 Å². The summed E-state index contributed by atoms with van der Waals surface area (Å²) in [6.45, 7) is 0.254. The van der Waals surface area contributed by atoms with E-state index in [1.54, 1.807) is 24.3 Å². The summed E-state index contributed by atoms with van der Waals surface area (Å²) in [5, 5.41) is 13.6. The van der Waals surface area contributed by atoms with E-state index in [4.69, 9.17) is 23.2 Å². The molecule has 18 heavy (non-hydrogen) atoms. The predicted molar refractivity (Wildman–Crippen MR) is 71.9 cm³/mol. The molecule has 0 unspecified atom stereocenters. The maximum absolute atomic E-state index is 13.1. The van der Waals surface area contributed by atoms with Crippen LogP contribution in [0, 0.1) is 5.82 Å². The molecule has 0 saturated carbocycles. The third-order valence-corrected chi connectivity index (χ3v) is 3.03. The van der Waals surface area contributed by atoms with Gasteiger partial charge in [0.05, 0.1) is 10.7 Å². The highest BCUT2D eigenvalue weighted by molar-refractivity contribution is 6.35. The van der Waals surface area contributed by atoms with Crippen LogP contribution >= 0.6 is 23.2 Å². The van der Waals surface area contributed by atoms with Gasteiger partial charge in [-0.05, 0) is 24.3 Å². The van der Waals surface area contributed by atoms with Crippen molar-refractivity contribution in [3.8, 4) is 5.75 Å². The summed E-state index contributed by atoms with van der Waals surface area (Å²) in [6.07, 6.45) is 0. The molecule has 2 aromatic carbocycles. The highest BCUT2D eigenvalue weighted by Gasteiger charge is 2.07. The number of halogens is 3. The quantitative estimate of drug-likeness (QED) is 0.873. The molecule has 0 atom stereocenters. The van der Waals surface area contributed by atoms with E-state index in [1.165, 1.54) is 12.1 Å². The summed E-state index contributed by atoms with van der Waals surface area (Å²) < 4.78 is 13.1. The number of aromatic hydroxyl groups is 1. The number of para-hydroxylation sites is 1. The van der Waals surface area contributed by atoms with Crippen LogP contribution in [0.15, 0.2) is 36.4 Å². The number of phenolic OH excluding ortho intramolecular Hbond substituents is 1. The van der Waals surface area contributed by atoms with Crippen molar-refractivity contribution in [3.63, 3.8) is 0 Å². The second kappa shape index (κ2) is 5.46. The summed E-state index contributed by atoms with van der Waals surface area (Å²) in [6, 6.07) is 9.37. The number of hydrogen-bond donors (Lipinski definition) is 2. The molecular formula is C13H10Cl2FNO. The van der Waals surface area contributed by atoms with Gasteiger partial charge in [-0.25, -0.2) is 4.39 Å². The van der Waals surface area contributed by atoms with Crippen LogP contribution in [0.3, 0.4) is 0 Å². The number of nitrogens with one attached hydrogen (secondary N) is 1. The van der Waals surface area contributed by atoms with E-state index < -0.39 is 5.82 Å². The Morgan fingerprint density at radius 3 is 2.72 bits per heavy atom. The van der Waals surface area contributed by atoms with Crippen LogP contribution in [-0.2, 0) is 6.54 Å². The zero-order chi connectivity index (χ0) is 13.1. The summed E-state index contributed by atoms with van der Waals surface area (Å²) in [4.78, 5) is 0. The first kappa shape index (κ1) is 13.0. The van der Waals surface area contributed by atoms with Gasteiger partial charge in [-0.3, -0.25) is 0 Å². The molecule has 94 valence electrons. The van der Waals surface area contributed by atoms with E-state index in [2.05, 4.69) is 5.32 Å². The van der Waals surface area contributed by atoms with Crippen molar-refractivity contribution in [2.75, 3.05) is 5.32 Å². The minimum atomic E-state index is -0.647. The van der Waals surface area contributed by atoms with Gasteiger partial charge >= 0.3 is 0 Å². The average molecular weight is 286 g/mol. The van der Waals surface area contributed by atoms with Crippen molar-refractivity contribution in [2.45, 2.75) is 6.54 Å². The zero-order valence-electron chi connectivity index (χ0n) is 9.25. The molecule has 2 nitrogen and oxygen atoms in total. The maximum atomic E-state index is 13.1. The summed E-state index contributed by atoms with van der Waals surface area (Å²) in [5.74, 6) is -1.00. The average Bonchev–Trinajstić information content (AvgIpc) is 2.35. The number of benzene rings is 2. The topological polar surface area (TPSA) is 32.3 Å². The lowest BCUT2D eigenvalue weighted by Crippen LogP contribution is -2.01. The Balaban J connectivity index is 2.16. The zero-order valence-corrected chi connectivity index (χ0v) is 10.8.